The van der Waals surface area contributed by atoms with Crippen molar-refractivity contribution in [3.8, 4) is 0 Å². The Kier molecular flexibility index (Phi) is 4.68. The molecule has 0 fully saturated rings. The highest BCUT2D eigenvalue weighted by Gasteiger charge is 2.13. The summed E-state index contributed by atoms with van der Waals surface area (Å²) >= 11 is 0. The topological polar surface area (TPSA) is 0 Å². The Hall–Kier alpha value is -2.08. The van der Waals surface area contributed by atoms with Crippen LogP contribution in [0.15, 0.2) is 78.4 Å². The van der Waals surface area contributed by atoms with Crippen molar-refractivity contribution >= 4 is 6.08 Å². The van der Waals surface area contributed by atoms with E-state index in [9.17, 15) is 0 Å². The zero-order valence-electron chi connectivity index (χ0n) is 12.4. The average molecular weight is 274 g/mol. The molecule has 0 unspecified atom stereocenters. The summed E-state index contributed by atoms with van der Waals surface area (Å²) in [6.45, 7) is 0. The van der Waals surface area contributed by atoms with E-state index in [1.54, 1.807) is 5.57 Å². The van der Waals surface area contributed by atoms with Crippen molar-refractivity contribution in [1.29, 1.82) is 0 Å². The minimum absolute atomic E-state index is 0.689. The second kappa shape index (κ2) is 7.08. The summed E-state index contributed by atoms with van der Waals surface area (Å²) in [6, 6.07) is 21.4. The Morgan fingerprint density at radius 3 is 2.38 bits per heavy atom. The molecule has 1 atom stereocenters. The van der Waals surface area contributed by atoms with Crippen molar-refractivity contribution in [2.24, 2.45) is 5.92 Å². The predicted octanol–water partition coefficient (Wildman–Crippen LogP) is 5.67. The Balaban J connectivity index is 1.60. The first-order valence-corrected chi connectivity index (χ1v) is 7.85. The van der Waals surface area contributed by atoms with Crippen LogP contribution < -0.4 is 0 Å². The van der Waals surface area contributed by atoms with Crippen LogP contribution >= 0.6 is 0 Å². The van der Waals surface area contributed by atoms with Gasteiger partial charge in [0.1, 0.15) is 0 Å². The molecule has 0 spiro atoms. The first-order valence-electron chi connectivity index (χ1n) is 7.85. The molecule has 3 rings (SSSR count). The monoisotopic (exact) mass is 274 g/mol. The number of benzene rings is 2. The van der Waals surface area contributed by atoms with Crippen LogP contribution in [-0.2, 0) is 6.42 Å². The Morgan fingerprint density at radius 1 is 0.905 bits per heavy atom. The van der Waals surface area contributed by atoms with Crippen LogP contribution in [0.1, 0.15) is 30.4 Å². The van der Waals surface area contributed by atoms with E-state index in [1.807, 2.05) is 0 Å². The van der Waals surface area contributed by atoms with Gasteiger partial charge < -0.3 is 0 Å². The molecule has 0 radical (unpaired) electrons. The summed E-state index contributed by atoms with van der Waals surface area (Å²) < 4.78 is 0. The SMILES string of the molecule is C1=C(Cc2ccccc2)C[C@H](/C=C/c2ccccc2)CC1. The zero-order chi connectivity index (χ0) is 14.3. The van der Waals surface area contributed by atoms with E-state index in [2.05, 4.69) is 78.9 Å². The van der Waals surface area contributed by atoms with Crippen LogP contribution in [0, 0.1) is 5.92 Å². The Labute approximate surface area is 127 Å². The van der Waals surface area contributed by atoms with E-state index in [4.69, 9.17) is 0 Å². The summed E-state index contributed by atoms with van der Waals surface area (Å²) in [7, 11) is 0. The maximum absolute atomic E-state index is 2.44. The molecule has 106 valence electrons. The van der Waals surface area contributed by atoms with Crippen molar-refractivity contribution in [2.45, 2.75) is 25.7 Å². The lowest BCUT2D eigenvalue weighted by molar-refractivity contribution is 0.558. The molecule has 0 N–H and O–H groups in total. The van der Waals surface area contributed by atoms with E-state index < -0.39 is 0 Å². The van der Waals surface area contributed by atoms with Gasteiger partial charge in [-0.2, -0.15) is 0 Å². The standard InChI is InChI=1S/C21H22/c1-3-8-18(9-4-1)14-15-20-12-7-13-21(17-20)16-19-10-5-2-6-11-19/h1-6,8-11,13-15,20H,7,12,16-17H2/b15-14+/t20-/m0/s1. The predicted molar refractivity (Wildman–Crippen MR) is 91.0 cm³/mol. The minimum atomic E-state index is 0.689. The van der Waals surface area contributed by atoms with Gasteiger partial charge in [0.2, 0.25) is 0 Å². The van der Waals surface area contributed by atoms with Gasteiger partial charge in [0, 0.05) is 0 Å². The molecule has 0 amide bonds. The van der Waals surface area contributed by atoms with Gasteiger partial charge in [0.25, 0.3) is 0 Å². The van der Waals surface area contributed by atoms with Crippen LogP contribution in [0.25, 0.3) is 6.08 Å². The Bertz CT molecular complexity index is 605. The van der Waals surface area contributed by atoms with Crippen molar-refractivity contribution in [1.82, 2.24) is 0 Å². The second-order valence-electron chi connectivity index (χ2n) is 5.84. The van der Waals surface area contributed by atoms with Gasteiger partial charge in [0.05, 0.1) is 0 Å². The van der Waals surface area contributed by atoms with E-state index >= 15 is 0 Å². The van der Waals surface area contributed by atoms with Gasteiger partial charge in [-0.15, -0.1) is 0 Å². The summed E-state index contributed by atoms with van der Waals surface area (Å²) in [5.74, 6) is 0.689. The van der Waals surface area contributed by atoms with Crippen LogP contribution in [-0.4, -0.2) is 0 Å². The normalized spacial score (nSPS) is 18.7. The van der Waals surface area contributed by atoms with Crippen LogP contribution in [0.4, 0.5) is 0 Å². The lowest BCUT2D eigenvalue weighted by Gasteiger charge is -2.20. The van der Waals surface area contributed by atoms with Crippen molar-refractivity contribution in [2.75, 3.05) is 0 Å². The third-order valence-corrected chi connectivity index (χ3v) is 4.13. The fraction of sp³-hybridized carbons (Fsp3) is 0.238. The smallest absolute Gasteiger partial charge is 0.00669 e. The zero-order valence-corrected chi connectivity index (χ0v) is 12.4. The third-order valence-electron chi connectivity index (χ3n) is 4.13. The van der Waals surface area contributed by atoms with Crippen molar-refractivity contribution < 1.29 is 0 Å². The number of rotatable bonds is 4. The first-order chi connectivity index (χ1) is 10.4. The molecule has 0 nitrogen and oxygen atoms in total. The molecule has 0 heteroatoms. The largest absolute Gasteiger partial charge is 0.0850 e. The van der Waals surface area contributed by atoms with Gasteiger partial charge in [0.15, 0.2) is 0 Å². The summed E-state index contributed by atoms with van der Waals surface area (Å²) in [5, 5.41) is 0. The van der Waals surface area contributed by atoms with Gasteiger partial charge >= 0.3 is 0 Å². The first kappa shape index (κ1) is 13.9. The molecule has 1 aliphatic carbocycles. The molecule has 21 heavy (non-hydrogen) atoms. The molecule has 0 aromatic heterocycles. The number of hydrogen-bond donors (Lipinski definition) is 0. The van der Waals surface area contributed by atoms with Crippen LogP contribution in [0.5, 0.6) is 0 Å². The molecule has 0 aliphatic heterocycles. The van der Waals surface area contributed by atoms with Crippen LogP contribution in [0.3, 0.4) is 0 Å². The summed E-state index contributed by atoms with van der Waals surface area (Å²) in [5.41, 5.74) is 4.32. The van der Waals surface area contributed by atoms with Crippen molar-refractivity contribution in [3.05, 3.63) is 89.5 Å². The van der Waals surface area contributed by atoms with E-state index in [0.717, 1.165) is 6.42 Å². The highest BCUT2D eigenvalue weighted by molar-refractivity contribution is 5.49. The van der Waals surface area contributed by atoms with Gasteiger partial charge in [-0.25, -0.2) is 0 Å². The number of allylic oxidation sites excluding steroid dienone is 3. The highest BCUT2D eigenvalue weighted by atomic mass is 14.2. The van der Waals surface area contributed by atoms with Crippen molar-refractivity contribution in [3.63, 3.8) is 0 Å². The minimum Gasteiger partial charge on any atom is -0.0850 e. The maximum Gasteiger partial charge on any atom is -0.00669 e. The lowest BCUT2D eigenvalue weighted by Crippen LogP contribution is -2.06. The molecule has 2 aromatic carbocycles. The molecule has 1 aliphatic rings. The van der Waals surface area contributed by atoms with Crippen LogP contribution in [0.2, 0.25) is 0 Å². The fourth-order valence-electron chi connectivity index (χ4n) is 3.00. The second-order valence-corrected chi connectivity index (χ2v) is 5.84. The van der Waals surface area contributed by atoms with E-state index in [-0.39, 0.29) is 0 Å². The molecular formula is C21H22. The van der Waals surface area contributed by atoms with Gasteiger partial charge in [-0.1, -0.05) is 84.5 Å². The van der Waals surface area contributed by atoms with E-state index in [0.29, 0.717) is 5.92 Å². The fourth-order valence-corrected chi connectivity index (χ4v) is 3.00. The molecule has 0 heterocycles. The highest BCUT2D eigenvalue weighted by Crippen LogP contribution is 2.28. The van der Waals surface area contributed by atoms with Gasteiger partial charge in [-0.05, 0) is 42.7 Å². The molecular weight excluding hydrogens is 252 g/mol. The maximum atomic E-state index is 2.44. The Morgan fingerprint density at radius 2 is 1.62 bits per heavy atom. The average Bonchev–Trinajstić information content (AvgIpc) is 2.55. The van der Waals surface area contributed by atoms with Gasteiger partial charge in [-0.3, -0.25) is 0 Å². The molecule has 2 aromatic rings. The summed E-state index contributed by atoms with van der Waals surface area (Å²) in [6.07, 6.45) is 11.9. The third kappa shape index (κ3) is 4.19. The molecule has 0 saturated heterocycles. The lowest BCUT2D eigenvalue weighted by atomic mass is 9.85. The molecule has 0 saturated carbocycles. The quantitative estimate of drug-likeness (QED) is 0.630. The molecule has 0 bridgehead atoms. The number of hydrogen-bond acceptors (Lipinski definition) is 0. The summed E-state index contributed by atoms with van der Waals surface area (Å²) in [4.78, 5) is 0. The van der Waals surface area contributed by atoms with E-state index in [1.165, 1.54) is 30.4 Å².